The first-order chi connectivity index (χ1) is 7.93. The topological polar surface area (TPSA) is 26.3 Å². The number of thioether (sulfide) groups is 1. The van der Waals surface area contributed by atoms with E-state index in [0.29, 0.717) is 5.75 Å². The minimum absolute atomic E-state index is 0.192. The Morgan fingerprint density at radius 1 is 1.29 bits per heavy atom. The minimum atomic E-state index is -4.31. The van der Waals surface area contributed by atoms with Crippen molar-refractivity contribution in [1.82, 2.24) is 0 Å². The maximum absolute atomic E-state index is 12.3. The van der Waals surface area contributed by atoms with Crippen LogP contribution in [0.5, 0.6) is 0 Å². The third-order valence-corrected chi connectivity index (χ3v) is 2.97. The number of carbonyl (C=O) groups is 1. The summed E-state index contributed by atoms with van der Waals surface area (Å²) in [5.41, 5.74) is 0.0751. The van der Waals surface area contributed by atoms with E-state index in [1.165, 1.54) is 31.0 Å². The third kappa shape index (κ3) is 4.68. The third-order valence-electron chi connectivity index (χ3n) is 2.00. The number of halogens is 3. The number of hydrogen-bond acceptors (Lipinski definition) is 3. The Morgan fingerprint density at radius 2 is 1.88 bits per heavy atom. The molecule has 17 heavy (non-hydrogen) atoms. The fourth-order valence-electron chi connectivity index (χ4n) is 1.10. The highest BCUT2D eigenvalue weighted by atomic mass is 32.2. The molecule has 2 nitrogen and oxygen atoms in total. The van der Waals surface area contributed by atoms with Crippen LogP contribution in [-0.2, 0) is 21.5 Å². The van der Waals surface area contributed by atoms with Gasteiger partial charge in [0.15, 0.2) is 0 Å². The molecule has 0 amide bonds. The molecule has 0 aliphatic carbocycles. The summed E-state index contributed by atoms with van der Waals surface area (Å²) in [6, 6.07) is 4.89. The van der Waals surface area contributed by atoms with Crippen LogP contribution in [0.3, 0.4) is 0 Å². The summed E-state index contributed by atoms with van der Waals surface area (Å²) in [5.74, 6) is 0.326. The molecular weight excluding hydrogens is 253 g/mol. The lowest BCUT2D eigenvalue weighted by molar-refractivity contribution is -0.138. The predicted molar refractivity (Wildman–Crippen MR) is 59.6 cm³/mol. The molecule has 0 saturated heterocycles. The number of hydrogen-bond donors (Lipinski definition) is 0. The molecule has 0 N–H and O–H groups in total. The molecule has 0 saturated carbocycles. The molecule has 1 rings (SSSR count). The SMILES string of the molecule is COC(=O)CSCc1ccc(C(F)(F)F)cc1. The van der Waals surface area contributed by atoms with Crippen molar-refractivity contribution in [3.8, 4) is 0 Å². The quantitative estimate of drug-likeness (QED) is 0.782. The van der Waals surface area contributed by atoms with Gasteiger partial charge in [0.2, 0.25) is 0 Å². The second-order valence-corrected chi connectivity index (χ2v) is 4.25. The fraction of sp³-hybridized carbons (Fsp3) is 0.364. The zero-order valence-electron chi connectivity index (χ0n) is 9.08. The minimum Gasteiger partial charge on any atom is -0.468 e. The molecule has 6 heteroatoms. The Kier molecular flexibility index (Phi) is 4.86. The molecule has 0 spiro atoms. The van der Waals surface area contributed by atoms with Gasteiger partial charge in [-0.3, -0.25) is 4.79 Å². The Hall–Kier alpha value is -1.17. The summed E-state index contributed by atoms with van der Waals surface area (Å²) in [4.78, 5) is 10.8. The van der Waals surface area contributed by atoms with Gasteiger partial charge in [-0.25, -0.2) is 0 Å². The molecule has 94 valence electrons. The molecule has 0 heterocycles. The standard InChI is InChI=1S/C11H11F3O2S/c1-16-10(15)7-17-6-8-2-4-9(5-3-8)11(12,13)14/h2-5H,6-7H2,1H3. The van der Waals surface area contributed by atoms with Gasteiger partial charge in [-0.1, -0.05) is 12.1 Å². The summed E-state index contributed by atoms with van der Waals surface area (Å²) in [6.07, 6.45) is -4.31. The van der Waals surface area contributed by atoms with E-state index in [4.69, 9.17) is 0 Å². The molecule has 0 atom stereocenters. The van der Waals surface area contributed by atoms with E-state index in [1.54, 1.807) is 0 Å². The number of benzene rings is 1. The number of alkyl halides is 3. The average Bonchev–Trinajstić information content (AvgIpc) is 2.28. The smallest absolute Gasteiger partial charge is 0.416 e. The van der Waals surface area contributed by atoms with Crippen LogP contribution in [0.2, 0.25) is 0 Å². The van der Waals surface area contributed by atoms with E-state index in [-0.39, 0.29) is 11.7 Å². The Labute approximate surface area is 101 Å². The molecule has 1 aromatic rings. The van der Waals surface area contributed by atoms with Gasteiger partial charge in [-0.15, -0.1) is 11.8 Å². The highest BCUT2D eigenvalue weighted by molar-refractivity contribution is 7.99. The Balaban J connectivity index is 2.49. The fourth-order valence-corrected chi connectivity index (χ4v) is 1.92. The summed E-state index contributed by atoms with van der Waals surface area (Å²) >= 11 is 1.30. The zero-order chi connectivity index (χ0) is 12.9. The number of methoxy groups -OCH3 is 1. The molecular formula is C11H11F3O2S. The van der Waals surface area contributed by atoms with Crippen LogP contribution in [0.25, 0.3) is 0 Å². The second-order valence-electron chi connectivity index (χ2n) is 3.26. The number of esters is 1. The largest absolute Gasteiger partial charge is 0.468 e. The lowest BCUT2D eigenvalue weighted by atomic mass is 10.1. The first-order valence-electron chi connectivity index (χ1n) is 4.74. The first-order valence-corrected chi connectivity index (χ1v) is 5.89. The molecule has 0 aromatic heterocycles. The van der Waals surface area contributed by atoms with E-state index in [0.717, 1.165) is 17.7 Å². The highest BCUT2D eigenvalue weighted by Crippen LogP contribution is 2.29. The van der Waals surface area contributed by atoms with Gasteiger partial charge in [0.1, 0.15) is 0 Å². The molecule has 0 radical (unpaired) electrons. The van der Waals surface area contributed by atoms with Crippen LogP contribution in [0, 0.1) is 0 Å². The van der Waals surface area contributed by atoms with Crippen LogP contribution < -0.4 is 0 Å². The number of carbonyl (C=O) groups excluding carboxylic acids is 1. The maximum Gasteiger partial charge on any atom is 0.416 e. The van der Waals surface area contributed by atoms with Crippen molar-refractivity contribution in [1.29, 1.82) is 0 Å². The van der Waals surface area contributed by atoms with E-state index < -0.39 is 11.7 Å². The summed E-state index contributed by atoms with van der Waals surface area (Å²) in [5, 5.41) is 0. The molecule has 0 aliphatic rings. The Morgan fingerprint density at radius 3 is 2.35 bits per heavy atom. The van der Waals surface area contributed by atoms with Gasteiger partial charge in [0.25, 0.3) is 0 Å². The molecule has 0 fully saturated rings. The molecule has 0 unspecified atom stereocenters. The Bertz CT molecular complexity index is 373. The van der Waals surface area contributed by atoms with Crippen LogP contribution in [0.1, 0.15) is 11.1 Å². The second kappa shape index (κ2) is 5.95. The van der Waals surface area contributed by atoms with Crippen molar-refractivity contribution in [3.63, 3.8) is 0 Å². The lowest BCUT2D eigenvalue weighted by Crippen LogP contribution is -2.05. The first kappa shape index (κ1) is 13.9. The van der Waals surface area contributed by atoms with Crippen LogP contribution in [0.15, 0.2) is 24.3 Å². The van der Waals surface area contributed by atoms with Gasteiger partial charge in [0, 0.05) is 5.75 Å². The van der Waals surface area contributed by atoms with Crippen LogP contribution >= 0.6 is 11.8 Å². The van der Waals surface area contributed by atoms with Gasteiger partial charge >= 0.3 is 12.1 Å². The van der Waals surface area contributed by atoms with E-state index in [2.05, 4.69) is 4.74 Å². The van der Waals surface area contributed by atoms with Gasteiger partial charge in [-0.05, 0) is 17.7 Å². The summed E-state index contributed by atoms with van der Waals surface area (Å²) in [7, 11) is 1.29. The van der Waals surface area contributed by atoms with Crippen molar-refractivity contribution in [3.05, 3.63) is 35.4 Å². The molecule has 1 aromatic carbocycles. The van der Waals surface area contributed by atoms with Crippen LogP contribution in [-0.4, -0.2) is 18.8 Å². The normalized spacial score (nSPS) is 11.3. The average molecular weight is 264 g/mol. The zero-order valence-corrected chi connectivity index (χ0v) is 9.90. The number of rotatable bonds is 4. The van der Waals surface area contributed by atoms with E-state index in [1.807, 2.05) is 0 Å². The predicted octanol–water partition coefficient (Wildman–Crippen LogP) is 3.11. The molecule has 0 bridgehead atoms. The van der Waals surface area contributed by atoms with Crippen molar-refractivity contribution in [2.24, 2.45) is 0 Å². The van der Waals surface area contributed by atoms with Gasteiger partial charge < -0.3 is 4.74 Å². The highest BCUT2D eigenvalue weighted by Gasteiger charge is 2.29. The summed E-state index contributed by atoms with van der Waals surface area (Å²) in [6.45, 7) is 0. The van der Waals surface area contributed by atoms with Gasteiger partial charge in [0.05, 0.1) is 18.4 Å². The number of ether oxygens (including phenoxy) is 1. The monoisotopic (exact) mass is 264 g/mol. The van der Waals surface area contributed by atoms with Crippen molar-refractivity contribution < 1.29 is 22.7 Å². The molecule has 0 aliphatic heterocycles. The van der Waals surface area contributed by atoms with Crippen LogP contribution in [0.4, 0.5) is 13.2 Å². The van der Waals surface area contributed by atoms with Crippen molar-refractivity contribution in [2.45, 2.75) is 11.9 Å². The van der Waals surface area contributed by atoms with E-state index in [9.17, 15) is 18.0 Å². The van der Waals surface area contributed by atoms with E-state index >= 15 is 0 Å². The lowest BCUT2D eigenvalue weighted by Gasteiger charge is -2.07. The summed E-state index contributed by atoms with van der Waals surface area (Å²) < 4.78 is 41.2. The van der Waals surface area contributed by atoms with Gasteiger partial charge in [-0.2, -0.15) is 13.2 Å². The maximum atomic E-state index is 12.3. The van der Waals surface area contributed by atoms with Crippen molar-refractivity contribution in [2.75, 3.05) is 12.9 Å². The van der Waals surface area contributed by atoms with Crippen molar-refractivity contribution >= 4 is 17.7 Å².